The molecule has 4 nitrogen and oxygen atoms in total. The van der Waals surface area contributed by atoms with Crippen molar-refractivity contribution in [3.63, 3.8) is 0 Å². The lowest BCUT2D eigenvalue weighted by atomic mass is 9.98. The minimum absolute atomic E-state index is 0.665. The third-order valence-corrected chi connectivity index (χ3v) is 6.17. The summed E-state index contributed by atoms with van der Waals surface area (Å²) in [5, 5.41) is 15.7. The summed E-state index contributed by atoms with van der Waals surface area (Å²) in [6.45, 7) is 8.79. The fraction of sp³-hybridized carbons (Fsp3) is 0.207. The Labute approximate surface area is 207 Å². The molecule has 1 aliphatic rings. The fourth-order valence-electron chi connectivity index (χ4n) is 3.58. The summed E-state index contributed by atoms with van der Waals surface area (Å²) in [6.07, 6.45) is 6.81. The number of nitrogens with one attached hydrogen (secondary N) is 1. The van der Waals surface area contributed by atoms with E-state index in [9.17, 15) is 0 Å². The van der Waals surface area contributed by atoms with E-state index in [0.717, 1.165) is 50.8 Å². The molecule has 0 unspecified atom stereocenters. The lowest BCUT2D eigenvalue weighted by Crippen LogP contribution is -2.15. The number of thioether (sulfide) groups is 1. The van der Waals surface area contributed by atoms with Gasteiger partial charge in [0, 0.05) is 29.6 Å². The van der Waals surface area contributed by atoms with Crippen LogP contribution in [0.3, 0.4) is 0 Å². The smallest absolute Gasteiger partial charge is 0.111 e. The van der Waals surface area contributed by atoms with Gasteiger partial charge in [-0.3, -0.25) is 4.99 Å². The molecule has 1 heterocycles. The SMILES string of the molecule is C\C=N/C(=C\CC)C(=C/C)/N=C1/SC=C(c2ccccc2)/C1=C(/C)NCc1ccc(C#N)cc1. The van der Waals surface area contributed by atoms with Gasteiger partial charge in [-0.05, 0) is 55.9 Å². The zero-order valence-electron chi connectivity index (χ0n) is 20.2. The minimum atomic E-state index is 0.665. The Kier molecular flexibility index (Phi) is 9.25. The van der Waals surface area contributed by atoms with Crippen LogP contribution in [0, 0.1) is 11.3 Å². The predicted octanol–water partition coefficient (Wildman–Crippen LogP) is 7.40. The lowest BCUT2D eigenvalue weighted by molar-refractivity contribution is 0.809. The van der Waals surface area contributed by atoms with Gasteiger partial charge in [0.2, 0.25) is 0 Å². The zero-order valence-corrected chi connectivity index (χ0v) is 21.0. The molecule has 0 spiro atoms. The van der Waals surface area contributed by atoms with E-state index in [1.54, 1.807) is 11.8 Å². The van der Waals surface area contributed by atoms with Gasteiger partial charge in [0.05, 0.1) is 23.0 Å². The molecule has 0 bridgehead atoms. The Hall–Kier alpha value is -3.62. The molecule has 1 N–H and O–H groups in total. The Morgan fingerprint density at radius 1 is 1.06 bits per heavy atom. The van der Waals surface area contributed by atoms with Crippen LogP contribution in [0.15, 0.2) is 105 Å². The van der Waals surface area contributed by atoms with E-state index in [4.69, 9.17) is 10.3 Å². The second kappa shape index (κ2) is 12.6. The standard InChI is InChI=1S/C29H30N4S/c1-5-11-27(31-7-3)26(6-2)33-29-28(25(20-34-29)24-12-9-8-10-13-24)21(4)32-19-23-16-14-22(18-30)15-17-23/h6-17,20,32H,5,19H2,1-4H3/b26-6-,27-11-,28-21+,31-7-,33-29+. The molecule has 0 aliphatic carbocycles. The van der Waals surface area contributed by atoms with E-state index in [-0.39, 0.29) is 0 Å². The van der Waals surface area contributed by atoms with Gasteiger partial charge >= 0.3 is 0 Å². The molecule has 0 atom stereocenters. The van der Waals surface area contributed by atoms with E-state index >= 15 is 0 Å². The number of rotatable bonds is 8. The number of allylic oxidation sites excluding steroid dienone is 4. The van der Waals surface area contributed by atoms with Crippen molar-refractivity contribution < 1.29 is 0 Å². The molecule has 2 aromatic rings. The highest BCUT2D eigenvalue weighted by atomic mass is 32.2. The van der Waals surface area contributed by atoms with Gasteiger partial charge in [0.15, 0.2) is 0 Å². The molecule has 172 valence electrons. The summed E-state index contributed by atoms with van der Waals surface area (Å²) >= 11 is 1.64. The molecule has 34 heavy (non-hydrogen) atoms. The first kappa shape index (κ1) is 25.0. The zero-order chi connectivity index (χ0) is 24.3. The largest absolute Gasteiger partial charge is 0.384 e. The summed E-state index contributed by atoms with van der Waals surface area (Å²) < 4.78 is 0. The van der Waals surface area contributed by atoms with Crippen LogP contribution < -0.4 is 5.32 Å². The molecule has 2 aromatic carbocycles. The topological polar surface area (TPSA) is 60.5 Å². The summed E-state index contributed by atoms with van der Waals surface area (Å²) in [6, 6.07) is 20.2. The number of hydrogen-bond donors (Lipinski definition) is 1. The first-order chi connectivity index (χ1) is 16.6. The molecule has 0 fully saturated rings. The van der Waals surface area contributed by atoms with Crippen LogP contribution in [0.2, 0.25) is 0 Å². The van der Waals surface area contributed by atoms with Crippen molar-refractivity contribution in [3.8, 4) is 6.07 Å². The Balaban J connectivity index is 1.99. The number of hydrogen-bond acceptors (Lipinski definition) is 5. The third kappa shape index (κ3) is 6.24. The summed E-state index contributed by atoms with van der Waals surface area (Å²) in [4.78, 5) is 9.60. The molecule has 0 saturated heterocycles. The molecule has 3 rings (SSSR count). The van der Waals surface area contributed by atoms with Gasteiger partial charge in [-0.15, -0.1) is 0 Å². The highest BCUT2D eigenvalue weighted by Crippen LogP contribution is 2.39. The van der Waals surface area contributed by atoms with Crippen molar-refractivity contribution in [1.29, 1.82) is 5.26 Å². The molecule has 0 amide bonds. The molecule has 5 heteroatoms. The van der Waals surface area contributed by atoms with E-state index in [2.05, 4.69) is 66.0 Å². The van der Waals surface area contributed by atoms with E-state index in [1.165, 1.54) is 0 Å². The maximum atomic E-state index is 9.04. The molecule has 0 radical (unpaired) electrons. The van der Waals surface area contributed by atoms with E-state index < -0.39 is 0 Å². The molecular weight excluding hydrogens is 436 g/mol. The average Bonchev–Trinajstić information content (AvgIpc) is 3.30. The number of aliphatic imine (C=N–C) groups is 2. The van der Waals surface area contributed by atoms with Crippen LogP contribution in [0.4, 0.5) is 0 Å². The Morgan fingerprint density at radius 3 is 2.41 bits per heavy atom. The highest BCUT2D eigenvalue weighted by molar-refractivity contribution is 8.17. The number of nitrogens with zero attached hydrogens (tertiary/aromatic N) is 3. The van der Waals surface area contributed by atoms with Crippen molar-refractivity contribution in [2.45, 2.75) is 40.7 Å². The second-order valence-corrected chi connectivity index (χ2v) is 8.51. The van der Waals surface area contributed by atoms with Gasteiger partial charge in [0.25, 0.3) is 0 Å². The highest BCUT2D eigenvalue weighted by Gasteiger charge is 2.24. The van der Waals surface area contributed by atoms with Crippen LogP contribution >= 0.6 is 11.8 Å². The summed E-state index contributed by atoms with van der Waals surface area (Å²) in [5.41, 5.74) is 8.00. The predicted molar refractivity (Wildman–Crippen MR) is 146 cm³/mol. The fourth-order valence-corrected chi connectivity index (χ4v) is 4.59. The van der Waals surface area contributed by atoms with Crippen LogP contribution in [0.25, 0.3) is 5.57 Å². The van der Waals surface area contributed by atoms with Gasteiger partial charge in [-0.1, -0.05) is 73.3 Å². The van der Waals surface area contributed by atoms with Gasteiger partial charge in [-0.2, -0.15) is 5.26 Å². The normalized spacial score (nSPS) is 17.1. The van der Waals surface area contributed by atoms with Gasteiger partial charge in [0.1, 0.15) is 5.04 Å². The summed E-state index contributed by atoms with van der Waals surface area (Å²) in [7, 11) is 0. The molecule has 0 aromatic heterocycles. The summed E-state index contributed by atoms with van der Waals surface area (Å²) in [5.74, 6) is 0. The maximum absolute atomic E-state index is 9.04. The monoisotopic (exact) mass is 466 g/mol. The Bertz CT molecular complexity index is 1220. The second-order valence-electron chi connectivity index (χ2n) is 7.65. The maximum Gasteiger partial charge on any atom is 0.111 e. The van der Waals surface area contributed by atoms with Crippen LogP contribution in [0.5, 0.6) is 0 Å². The molecular formula is C29H30N4S. The van der Waals surface area contributed by atoms with E-state index in [1.807, 2.05) is 56.5 Å². The third-order valence-electron chi connectivity index (χ3n) is 5.30. The quantitative estimate of drug-likeness (QED) is 0.326. The van der Waals surface area contributed by atoms with Crippen molar-refractivity contribution >= 4 is 28.6 Å². The van der Waals surface area contributed by atoms with Gasteiger partial charge in [-0.25, -0.2) is 4.99 Å². The van der Waals surface area contributed by atoms with Crippen molar-refractivity contribution in [1.82, 2.24) is 5.32 Å². The number of nitriles is 1. The van der Waals surface area contributed by atoms with Crippen LogP contribution in [-0.4, -0.2) is 11.3 Å². The van der Waals surface area contributed by atoms with Crippen LogP contribution in [-0.2, 0) is 6.54 Å². The van der Waals surface area contributed by atoms with Crippen molar-refractivity contribution in [3.05, 3.63) is 112 Å². The number of benzene rings is 2. The van der Waals surface area contributed by atoms with Crippen LogP contribution in [0.1, 0.15) is 50.8 Å². The van der Waals surface area contributed by atoms with E-state index in [0.29, 0.717) is 12.1 Å². The lowest BCUT2D eigenvalue weighted by Gasteiger charge is -2.15. The average molecular weight is 467 g/mol. The van der Waals surface area contributed by atoms with Gasteiger partial charge < -0.3 is 5.32 Å². The first-order valence-corrected chi connectivity index (χ1v) is 12.3. The first-order valence-electron chi connectivity index (χ1n) is 11.4. The minimum Gasteiger partial charge on any atom is -0.384 e. The molecule has 0 saturated carbocycles. The van der Waals surface area contributed by atoms with Crippen molar-refractivity contribution in [2.24, 2.45) is 9.98 Å². The molecule has 1 aliphatic heterocycles. The van der Waals surface area contributed by atoms with Crippen molar-refractivity contribution in [2.75, 3.05) is 0 Å². The Morgan fingerprint density at radius 2 is 1.79 bits per heavy atom.